The van der Waals surface area contributed by atoms with Gasteiger partial charge in [0, 0.05) is 32.4 Å². The number of nitriles is 1. The fourth-order valence-corrected chi connectivity index (χ4v) is 3.32. The summed E-state index contributed by atoms with van der Waals surface area (Å²) < 4.78 is 1.82. The van der Waals surface area contributed by atoms with Gasteiger partial charge < -0.3 is 9.80 Å². The lowest BCUT2D eigenvalue weighted by atomic mass is 10.2. The molecule has 7 nitrogen and oxygen atoms in total. The molecule has 25 heavy (non-hydrogen) atoms. The zero-order valence-corrected chi connectivity index (χ0v) is 14.5. The number of rotatable bonds is 2. The van der Waals surface area contributed by atoms with Gasteiger partial charge in [-0.2, -0.15) is 5.26 Å². The van der Waals surface area contributed by atoms with Gasteiger partial charge in [-0.15, -0.1) is 5.10 Å². The number of hydrogen-bond donors (Lipinski definition) is 0. The number of pyridine rings is 1. The monoisotopic (exact) mass is 353 g/mol. The zero-order chi connectivity index (χ0) is 17.4. The molecule has 0 bridgehead atoms. The minimum atomic E-state index is 0.473. The average molecular weight is 354 g/mol. The molecule has 0 aliphatic carbocycles. The van der Waals surface area contributed by atoms with Gasteiger partial charge in [-0.05, 0) is 25.1 Å². The summed E-state index contributed by atoms with van der Waals surface area (Å²) in [4.78, 5) is 13.1. The second-order valence-electron chi connectivity index (χ2n) is 5.99. The van der Waals surface area contributed by atoms with Gasteiger partial charge in [0.05, 0.1) is 22.5 Å². The molecule has 0 radical (unpaired) electrons. The highest BCUT2D eigenvalue weighted by atomic mass is 35.5. The molecule has 0 unspecified atom stereocenters. The first-order valence-electron chi connectivity index (χ1n) is 8.02. The van der Waals surface area contributed by atoms with E-state index >= 15 is 0 Å². The van der Waals surface area contributed by atoms with Gasteiger partial charge in [-0.25, -0.2) is 14.5 Å². The molecule has 3 aromatic rings. The number of halogens is 1. The van der Waals surface area contributed by atoms with Crippen molar-refractivity contribution in [1.29, 1.82) is 5.26 Å². The molecule has 0 atom stereocenters. The van der Waals surface area contributed by atoms with Crippen molar-refractivity contribution in [1.82, 2.24) is 19.6 Å². The number of fused-ring (bicyclic) bond motifs is 1. The van der Waals surface area contributed by atoms with Gasteiger partial charge in [0.2, 0.25) is 0 Å². The molecule has 8 heteroatoms. The summed E-state index contributed by atoms with van der Waals surface area (Å²) >= 11 is 6.27. The summed E-state index contributed by atoms with van der Waals surface area (Å²) in [5.74, 6) is 1.66. The molecule has 0 aromatic carbocycles. The van der Waals surface area contributed by atoms with Gasteiger partial charge in [-0.1, -0.05) is 11.6 Å². The number of aryl methyl sites for hydroxylation is 1. The Morgan fingerprint density at radius 3 is 2.64 bits per heavy atom. The molecule has 4 heterocycles. The number of imidazole rings is 1. The van der Waals surface area contributed by atoms with Crippen LogP contribution in [0.5, 0.6) is 0 Å². The minimum absolute atomic E-state index is 0.473. The van der Waals surface area contributed by atoms with E-state index in [9.17, 15) is 0 Å². The highest BCUT2D eigenvalue weighted by Crippen LogP contribution is 2.25. The topological polar surface area (TPSA) is 73.3 Å². The predicted molar refractivity (Wildman–Crippen MR) is 96.1 cm³/mol. The Morgan fingerprint density at radius 1 is 1.16 bits per heavy atom. The summed E-state index contributed by atoms with van der Waals surface area (Å²) in [6.07, 6.45) is 3.49. The van der Waals surface area contributed by atoms with E-state index in [-0.39, 0.29) is 0 Å². The lowest BCUT2D eigenvalue weighted by Crippen LogP contribution is -2.47. The lowest BCUT2D eigenvalue weighted by molar-refractivity contribution is 0.636. The Hall–Kier alpha value is -2.85. The van der Waals surface area contributed by atoms with Crippen LogP contribution in [-0.4, -0.2) is 45.8 Å². The molecule has 1 aliphatic rings. The van der Waals surface area contributed by atoms with Gasteiger partial charge in [-0.3, -0.25) is 0 Å². The Bertz CT molecular complexity index is 967. The normalized spacial score (nSPS) is 14.8. The number of hydrogen-bond acceptors (Lipinski definition) is 6. The van der Waals surface area contributed by atoms with E-state index < -0.39 is 0 Å². The maximum absolute atomic E-state index is 8.92. The third-order valence-corrected chi connectivity index (χ3v) is 4.56. The van der Waals surface area contributed by atoms with Crippen LogP contribution in [0.1, 0.15) is 11.3 Å². The van der Waals surface area contributed by atoms with E-state index in [2.05, 4.69) is 30.9 Å². The fourth-order valence-electron chi connectivity index (χ4n) is 3.03. The molecule has 0 amide bonds. The number of nitrogens with zero attached hydrogens (tertiary/aromatic N) is 7. The summed E-state index contributed by atoms with van der Waals surface area (Å²) in [6, 6.07) is 7.70. The first kappa shape index (κ1) is 15.7. The molecular weight excluding hydrogens is 338 g/mol. The molecule has 1 saturated heterocycles. The van der Waals surface area contributed by atoms with Crippen molar-refractivity contribution in [2.45, 2.75) is 6.92 Å². The van der Waals surface area contributed by atoms with E-state index in [0.717, 1.165) is 49.2 Å². The summed E-state index contributed by atoms with van der Waals surface area (Å²) in [7, 11) is 0. The van der Waals surface area contributed by atoms with E-state index in [1.807, 2.05) is 29.8 Å². The quantitative estimate of drug-likeness (QED) is 0.703. The van der Waals surface area contributed by atoms with Crippen LogP contribution in [0.3, 0.4) is 0 Å². The number of anilines is 2. The second kappa shape index (κ2) is 6.22. The SMILES string of the molecule is Cc1cn2nc(N3CCN(c4ncc(C#N)cc4Cl)CC3)ccc2n1. The van der Waals surface area contributed by atoms with Crippen molar-refractivity contribution >= 4 is 28.9 Å². The van der Waals surface area contributed by atoms with Crippen LogP contribution in [0.15, 0.2) is 30.6 Å². The van der Waals surface area contributed by atoms with E-state index in [4.69, 9.17) is 16.9 Å². The fraction of sp³-hybridized carbons (Fsp3) is 0.294. The summed E-state index contributed by atoms with van der Waals surface area (Å²) in [5, 5.41) is 14.1. The van der Waals surface area contributed by atoms with Crippen molar-refractivity contribution in [3.05, 3.63) is 46.9 Å². The largest absolute Gasteiger partial charge is 0.352 e. The predicted octanol–water partition coefficient (Wildman–Crippen LogP) is 2.28. The minimum Gasteiger partial charge on any atom is -0.352 e. The second-order valence-corrected chi connectivity index (χ2v) is 6.40. The lowest BCUT2D eigenvalue weighted by Gasteiger charge is -2.36. The Labute approximate surface area is 150 Å². The highest BCUT2D eigenvalue weighted by Gasteiger charge is 2.21. The molecular formula is C17H16ClN7. The van der Waals surface area contributed by atoms with Gasteiger partial charge in [0.25, 0.3) is 0 Å². The molecule has 126 valence electrons. The summed E-state index contributed by atoms with van der Waals surface area (Å²) in [5.41, 5.74) is 2.28. The number of aromatic nitrogens is 4. The van der Waals surface area contributed by atoms with Gasteiger partial charge >= 0.3 is 0 Å². The Balaban J connectivity index is 1.49. The van der Waals surface area contributed by atoms with Crippen LogP contribution in [0, 0.1) is 18.3 Å². The number of piperazine rings is 1. The molecule has 0 saturated carbocycles. The van der Waals surface area contributed by atoms with E-state index in [1.165, 1.54) is 0 Å². The molecule has 4 rings (SSSR count). The van der Waals surface area contributed by atoms with Crippen LogP contribution in [0.2, 0.25) is 5.02 Å². The van der Waals surface area contributed by atoms with Gasteiger partial charge in [0.1, 0.15) is 17.7 Å². The maximum atomic E-state index is 8.92. The van der Waals surface area contributed by atoms with Crippen molar-refractivity contribution < 1.29 is 0 Å². The molecule has 1 fully saturated rings. The highest BCUT2D eigenvalue weighted by molar-refractivity contribution is 6.33. The van der Waals surface area contributed by atoms with E-state index in [0.29, 0.717) is 10.6 Å². The van der Waals surface area contributed by atoms with Crippen LogP contribution in [0.4, 0.5) is 11.6 Å². The van der Waals surface area contributed by atoms with Crippen LogP contribution in [0.25, 0.3) is 5.65 Å². The average Bonchev–Trinajstić information content (AvgIpc) is 3.01. The third kappa shape index (κ3) is 2.96. The smallest absolute Gasteiger partial charge is 0.153 e. The molecule has 0 N–H and O–H groups in total. The summed E-state index contributed by atoms with van der Waals surface area (Å²) in [6.45, 7) is 5.19. The Morgan fingerprint density at radius 2 is 1.92 bits per heavy atom. The molecule has 0 spiro atoms. The zero-order valence-electron chi connectivity index (χ0n) is 13.7. The first-order chi connectivity index (χ1) is 12.1. The van der Waals surface area contributed by atoms with Crippen LogP contribution >= 0.6 is 11.6 Å². The van der Waals surface area contributed by atoms with Crippen LogP contribution < -0.4 is 9.80 Å². The van der Waals surface area contributed by atoms with Crippen LogP contribution in [-0.2, 0) is 0 Å². The molecule has 1 aliphatic heterocycles. The van der Waals surface area contributed by atoms with Crippen molar-refractivity contribution in [2.24, 2.45) is 0 Å². The maximum Gasteiger partial charge on any atom is 0.153 e. The first-order valence-corrected chi connectivity index (χ1v) is 8.40. The van der Waals surface area contributed by atoms with Crippen molar-refractivity contribution in [3.8, 4) is 6.07 Å². The van der Waals surface area contributed by atoms with Crippen molar-refractivity contribution in [3.63, 3.8) is 0 Å². The van der Waals surface area contributed by atoms with Crippen molar-refractivity contribution in [2.75, 3.05) is 36.0 Å². The third-order valence-electron chi connectivity index (χ3n) is 4.28. The standard InChI is InChI=1S/C17H16ClN7/c1-12-11-25-15(21-12)2-3-16(22-25)23-4-6-24(7-5-23)17-14(18)8-13(9-19)10-20-17/h2-3,8,10-11H,4-7H2,1H3. The Kier molecular flexibility index (Phi) is 3.90. The van der Waals surface area contributed by atoms with Gasteiger partial charge in [0.15, 0.2) is 5.65 Å². The van der Waals surface area contributed by atoms with E-state index in [1.54, 1.807) is 12.3 Å². The molecule has 3 aromatic heterocycles.